The Morgan fingerprint density at radius 2 is 1.62 bits per heavy atom. The molecule has 21 heavy (non-hydrogen) atoms. The van der Waals surface area contributed by atoms with Crippen molar-refractivity contribution in [2.24, 2.45) is 0 Å². The van der Waals surface area contributed by atoms with E-state index >= 15 is 0 Å². The minimum absolute atomic E-state index is 0.0997. The Kier molecular flexibility index (Phi) is 9.68. The molecule has 1 aliphatic heterocycles. The van der Waals surface area contributed by atoms with Gasteiger partial charge in [-0.2, -0.15) is 0 Å². The summed E-state index contributed by atoms with van der Waals surface area (Å²) in [5.41, 5.74) is 0. The summed E-state index contributed by atoms with van der Waals surface area (Å²) in [5, 5.41) is 8.78. The predicted octanol–water partition coefficient (Wildman–Crippen LogP) is 3.60. The number of rotatable bonds is 13. The van der Waals surface area contributed by atoms with E-state index in [0.29, 0.717) is 18.6 Å². The van der Waals surface area contributed by atoms with Crippen LogP contribution in [0.5, 0.6) is 0 Å². The lowest BCUT2D eigenvalue weighted by atomic mass is 10.1. The highest BCUT2D eigenvalue weighted by atomic mass is 16.6. The number of unbranched alkanes of at least 4 members (excludes halogenated alkanes) is 7. The van der Waals surface area contributed by atoms with Crippen LogP contribution in [0.1, 0.15) is 78.1 Å². The third-order valence-corrected chi connectivity index (χ3v) is 4.05. The first-order chi connectivity index (χ1) is 10.1. The lowest BCUT2D eigenvalue weighted by Gasteiger charge is -2.09. The summed E-state index contributed by atoms with van der Waals surface area (Å²) in [6, 6.07) is 0. The monoisotopic (exact) mass is 300 g/mol. The van der Waals surface area contributed by atoms with E-state index in [1.807, 2.05) is 0 Å². The average Bonchev–Trinajstić information content (AvgIpc) is 3.16. The maximum atomic E-state index is 11.4. The molecule has 1 heterocycles. The van der Waals surface area contributed by atoms with Gasteiger partial charge in [-0.15, -0.1) is 0 Å². The van der Waals surface area contributed by atoms with Gasteiger partial charge in [0.2, 0.25) is 0 Å². The van der Waals surface area contributed by atoms with Gasteiger partial charge in [0.05, 0.1) is 18.8 Å². The normalized spacial score (nSPS) is 22.0. The van der Waals surface area contributed by atoms with Crippen molar-refractivity contribution in [2.75, 3.05) is 6.61 Å². The highest BCUT2D eigenvalue weighted by molar-refractivity contribution is 5.69. The van der Waals surface area contributed by atoms with Gasteiger partial charge in [-0.25, -0.2) is 0 Å². The third-order valence-electron chi connectivity index (χ3n) is 4.05. The van der Waals surface area contributed by atoms with E-state index < -0.39 is 0 Å². The maximum Gasteiger partial charge on any atom is 0.306 e. The van der Waals surface area contributed by atoms with Crippen molar-refractivity contribution in [3.63, 3.8) is 0 Å². The smallest absolute Gasteiger partial charge is 0.306 e. The lowest BCUT2D eigenvalue weighted by molar-refractivity contribution is -0.150. The van der Waals surface area contributed by atoms with Gasteiger partial charge in [-0.3, -0.25) is 4.79 Å². The van der Waals surface area contributed by atoms with Crippen LogP contribution in [0.25, 0.3) is 0 Å². The quantitative estimate of drug-likeness (QED) is 0.321. The van der Waals surface area contributed by atoms with E-state index in [2.05, 4.69) is 6.92 Å². The molecule has 3 atom stereocenters. The fourth-order valence-electron chi connectivity index (χ4n) is 2.53. The summed E-state index contributed by atoms with van der Waals surface area (Å²) in [5.74, 6) is -0.187. The van der Waals surface area contributed by atoms with Crippen molar-refractivity contribution < 1.29 is 19.4 Å². The zero-order chi connectivity index (χ0) is 15.5. The largest absolute Gasteiger partial charge is 0.460 e. The Balaban J connectivity index is 1.75. The SMILES string of the molecule is CC(CO)OC(=O)CCCCCCCCCCC1OC1C. The number of carbonyl (C=O) groups is 1. The van der Waals surface area contributed by atoms with Crippen molar-refractivity contribution in [1.82, 2.24) is 0 Å². The van der Waals surface area contributed by atoms with Crippen LogP contribution < -0.4 is 0 Å². The summed E-state index contributed by atoms with van der Waals surface area (Å²) in [6.45, 7) is 3.75. The molecule has 0 radical (unpaired) electrons. The molecule has 4 nitrogen and oxygen atoms in total. The van der Waals surface area contributed by atoms with Gasteiger partial charge in [0.1, 0.15) is 6.10 Å². The molecule has 0 aromatic heterocycles. The molecule has 0 bridgehead atoms. The molecule has 0 saturated carbocycles. The lowest BCUT2D eigenvalue weighted by Crippen LogP contribution is -2.18. The van der Waals surface area contributed by atoms with Gasteiger partial charge in [0, 0.05) is 6.42 Å². The minimum Gasteiger partial charge on any atom is -0.460 e. The number of esters is 1. The zero-order valence-electron chi connectivity index (χ0n) is 13.7. The number of hydrogen-bond donors (Lipinski definition) is 1. The van der Waals surface area contributed by atoms with E-state index in [9.17, 15) is 4.79 Å². The van der Waals surface area contributed by atoms with E-state index in [1.54, 1.807) is 6.92 Å². The highest BCUT2D eigenvalue weighted by Gasteiger charge is 2.32. The van der Waals surface area contributed by atoms with Crippen molar-refractivity contribution >= 4 is 5.97 Å². The molecule has 1 aliphatic rings. The van der Waals surface area contributed by atoms with Crippen molar-refractivity contribution in [3.8, 4) is 0 Å². The van der Waals surface area contributed by atoms with E-state index in [1.165, 1.54) is 44.9 Å². The number of aliphatic hydroxyl groups excluding tert-OH is 1. The van der Waals surface area contributed by atoms with E-state index in [4.69, 9.17) is 14.6 Å². The second-order valence-electron chi connectivity index (χ2n) is 6.23. The molecule has 0 amide bonds. The van der Waals surface area contributed by atoms with Crippen LogP contribution in [0.3, 0.4) is 0 Å². The topological polar surface area (TPSA) is 59.1 Å². The first kappa shape index (κ1) is 18.4. The number of aliphatic hydroxyl groups is 1. The minimum atomic E-state index is -0.374. The Morgan fingerprint density at radius 3 is 2.14 bits per heavy atom. The molecular weight excluding hydrogens is 268 g/mol. The molecule has 0 spiro atoms. The Labute approximate surface area is 129 Å². The van der Waals surface area contributed by atoms with Crippen LogP contribution in [-0.2, 0) is 14.3 Å². The van der Waals surface area contributed by atoms with Gasteiger partial charge in [-0.05, 0) is 26.7 Å². The van der Waals surface area contributed by atoms with Gasteiger partial charge in [0.15, 0.2) is 0 Å². The first-order valence-corrected chi connectivity index (χ1v) is 8.59. The molecule has 0 aromatic carbocycles. The van der Waals surface area contributed by atoms with Crippen LogP contribution in [0.15, 0.2) is 0 Å². The predicted molar refractivity (Wildman–Crippen MR) is 83.1 cm³/mol. The van der Waals surface area contributed by atoms with E-state index in [-0.39, 0.29) is 18.7 Å². The van der Waals surface area contributed by atoms with Crippen LogP contribution >= 0.6 is 0 Å². The van der Waals surface area contributed by atoms with Crippen molar-refractivity contribution in [1.29, 1.82) is 0 Å². The molecule has 0 aromatic rings. The standard InChI is InChI=1S/C17H32O4/c1-14(13-18)20-17(19)12-10-8-6-4-3-5-7-9-11-16-15(2)21-16/h14-16,18H,3-13H2,1-2H3. The fourth-order valence-corrected chi connectivity index (χ4v) is 2.53. The van der Waals surface area contributed by atoms with E-state index in [0.717, 1.165) is 12.8 Å². The zero-order valence-corrected chi connectivity index (χ0v) is 13.7. The second-order valence-corrected chi connectivity index (χ2v) is 6.23. The average molecular weight is 300 g/mol. The molecule has 1 N–H and O–H groups in total. The second kappa shape index (κ2) is 11.0. The van der Waals surface area contributed by atoms with Gasteiger partial charge in [0.25, 0.3) is 0 Å². The fraction of sp³-hybridized carbons (Fsp3) is 0.941. The summed E-state index contributed by atoms with van der Waals surface area (Å²) in [6.07, 6.45) is 12.1. The summed E-state index contributed by atoms with van der Waals surface area (Å²) in [4.78, 5) is 11.4. The molecule has 0 aliphatic carbocycles. The molecule has 4 heteroatoms. The number of hydrogen-bond acceptors (Lipinski definition) is 4. The summed E-state index contributed by atoms with van der Waals surface area (Å²) in [7, 11) is 0. The molecule has 124 valence electrons. The van der Waals surface area contributed by atoms with Crippen LogP contribution in [-0.4, -0.2) is 36.0 Å². The van der Waals surface area contributed by atoms with Gasteiger partial charge >= 0.3 is 5.97 Å². The summed E-state index contributed by atoms with van der Waals surface area (Å²) < 4.78 is 10.4. The van der Waals surface area contributed by atoms with Crippen molar-refractivity contribution in [3.05, 3.63) is 0 Å². The van der Waals surface area contributed by atoms with Crippen molar-refractivity contribution in [2.45, 2.75) is 96.4 Å². The molecule has 1 saturated heterocycles. The molecular formula is C17H32O4. The van der Waals surface area contributed by atoms with Gasteiger partial charge < -0.3 is 14.6 Å². The summed E-state index contributed by atoms with van der Waals surface area (Å²) >= 11 is 0. The highest BCUT2D eigenvalue weighted by Crippen LogP contribution is 2.26. The third kappa shape index (κ3) is 9.86. The molecule has 3 unspecified atom stereocenters. The van der Waals surface area contributed by atoms with Crippen LogP contribution in [0, 0.1) is 0 Å². The Hall–Kier alpha value is -0.610. The number of ether oxygens (including phenoxy) is 2. The Morgan fingerprint density at radius 1 is 1.10 bits per heavy atom. The number of epoxide rings is 1. The maximum absolute atomic E-state index is 11.4. The van der Waals surface area contributed by atoms with Gasteiger partial charge in [-0.1, -0.05) is 44.9 Å². The number of carbonyl (C=O) groups excluding carboxylic acids is 1. The first-order valence-electron chi connectivity index (χ1n) is 8.59. The Bertz CT molecular complexity index is 280. The molecule has 1 rings (SSSR count). The van der Waals surface area contributed by atoms with Crippen LogP contribution in [0.2, 0.25) is 0 Å². The van der Waals surface area contributed by atoms with Crippen LogP contribution in [0.4, 0.5) is 0 Å². The molecule has 1 fully saturated rings.